The van der Waals surface area contributed by atoms with E-state index in [4.69, 9.17) is 15.2 Å². The SMILES string of the molecule is CCOC(C)(C)CNc1ncnc(N)c1OC. The van der Waals surface area contributed by atoms with E-state index in [9.17, 15) is 0 Å². The highest BCUT2D eigenvalue weighted by Gasteiger charge is 2.19. The van der Waals surface area contributed by atoms with Crippen molar-refractivity contribution >= 4 is 11.6 Å². The molecule has 17 heavy (non-hydrogen) atoms. The molecule has 0 spiro atoms. The fourth-order valence-corrected chi connectivity index (χ4v) is 1.45. The molecule has 0 saturated carbocycles. The number of rotatable bonds is 6. The number of nitrogen functional groups attached to an aromatic ring is 1. The van der Waals surface area contributed by atoms with Gasteiger partial charge in [0, 0.05) is 13.2 Å². The maximum absolute atomic E-state index is 5.68. The smallest absolute Gasteiger partial charge is 0.203 e. The van der Waals surface area contributed by atoms with E-state index in [1.54, 1.807) is 0 Å². The molecule has 6 heteroatoms. The van der Waals surface area contributed by atoms with Crippen LogP contribution in [0, 0.1) is 0 Å². The van der Waals surface area contributed by atoms with Crippen molar-refractivity contribution in [2.45, 2.75) is 26.4 Å². The topological polar surface area (TPSA) is 82.3 Å². The fraction of sp³-hybridized carbons (Fsp3) is 0.636. The molecule has 6 nitrogen and oxygen atoms in total. The van der Waals surface area contributed by atoms with Crippen LogP contribution in [-0.2, 0) is 4.74 Å². The summed E-state index contributed by atoms with van der Waals surface area (Å²) in [5.41, 5.74) is 5.40. The Hall–Kier alpha value is -1.56. The maximum atomic E-state index is 5.68. The van der Waals surface area contributed by atoms with Gasteiger partial charge in [-0.15, -0.1) is 0 Å². The number of methoxy groups -OCH3 is 1. The standard InChI is InChI=1S/C11H20N4O2/c1-5-17-11(2,3)6-13-10-8(16-4)9(12)14-7-15-10/h7H,5-6H2,1-4H3,(H3,12,13,14,15). The predicted molar refractivity (Wildman–Crippen MR) is 67.2 cm³/mol. The zero-order chi connectivity index (χ0) is 12.9. The highest BCUT2D eigenvalue weighted by Crippen LogP contribution is 2.26. The van der Waals surface area contributed by atoms with Gasteiger partial charge in [-0.05, 0) is 20.8 Å². The van der Waals surface area contributed by atoms with Crippen molar-refractivity contribution in [2.24, 2.45) is 0 Å². The third kappa shape index (κ3) is 3.74. The normalized spacial score (nSPS) is 11.3. The number of aromatic nitrogens is 2. The predicted octanol–water partition coefficient (Wildman–Crippen LogP) is 1.29. The molecule has 0 aliphatic rings. The molecule has 1 aromatic rings. The number of nitrogens with zero attached hydrogens (tertiary/aromatic N) is 2. The van der Waals surface area contributed by atoms with Crippen LogP contribution in [-0.4, -0.2) is 35.8 Å². The van der Waals surface area contributed by atoms with E-state index in [0.29, 0.717) is 30.5 Å². The van der Waals surface area contributed by atoms with Crippen molar-refractivity contribution in [1.82, 2.24) is 9.97 Å². The van der Waals surface area contributed by atoms with Crippen LogP contribution >= 0.6 is 0 Å². The summed E-state index contributed by atoms with van der Waals surface area (Å²) in [6, 6.07) is 0. The second-order valence-electron chi connectivity index (χ2n) is 4.19. The first-order valence-electron chi connectivity index (χ1n) is 5.52. The molecule has 0 aliphatic heterocycles. The summed E-state index contributed by atoms with van der Waals surface area (Å²) in [7, 11) is 1.54. The van der Waals surface area contributed by atoms with Crippen molar-refractivity contribution in [2.75, 3.05) is 31.3 Å². The zero-order valence-electron chi connectivity index (χ0n) is 10.8. The monoisotopic (exact) mass is 240 g/mol. The Bertz CT molecular complexity index is 368. The van der Waals surface area contributed by atoms with Crippen LogP contribution in [0.15, 0.2) is 6.33 Å². The summed E-state index contributed by atoms with van der Waals surface area (Å²) in [6.45, 7) is 7.23. The number of anilines is 2. The molecule has 1 aromatic heterocycles. The lowest BCUT2D eigenvalue weighted by Gasteiger charge is -2.25. The van der Waals surface area contributed by atoms with Crippen molar-refractivity contribution in [3.8, 4) is 5.75 Å². The summed E-state index contributed by atoms with van der Waals surface area (Å²) < 4.78 is 10.7. The molecular weight excluding hydrogens is 220 g/mol. The largest absolute Gasteiger partial charge is 0.490 e. The Morgan fingerprint density at radius 3 is 2.71 bits per heavy atom. The van der Waals surface area contributed by atoms with Crippen LogP contribution in [0.1, 0.15) is 20.8 Å². The van der Waals surface area contributed by atoms with E-state index in [0.717, 1.165) is 0 Å². The van der Waals surface area contributed by atoms with Crippen molar-refractivity contribution < 1.29 is 9.47 Å². The first-order valence-corrected chi connectivity index (χ1v) is 5.52. The van der Waals surface area contributed by atoms with Crippen LogP contribution in [0.3, 0.4) is 0 Å². The summed E-state index contributed by atoms with van der Waals surface area (Å²) in [6.07, 6.45) is 1.40. The Balaban J connectivity index is 2.72. The second kappa shape index (κ2) is 5.67. The number of nitrogens with two attached hydrogens (primary N) is 1. The molecule has 0 fully saturated rings. The Morgan fingerprint density at radius 1 is 1.41 bits per heavy atom. The fourth-order valence-electron chi connectivity index (χ4n) is 1.45. The second-order valence-corrected chi connectivity index (χ2v) is 4.19. The van der Waals surface area contributed by atoms with E-state index in [2.05, 4.69) is 15.3 Å². The maximum Gasteiger partial charge on any atom is 0.203 e. The summed E-state index contributed by atoms with van der Waals surface area (Å²) in [5, 5.41) is 3.15. The van der Waals surface area contributed by atoms with E-state index in [1.807, 2.05) is 20.8 Å². The molecule has 0 amide bonds. The van der Waals surface area contributed by atoms with Crippen LogP contribution < -0.4 is 15.8 Å². The third-order valence-corrected chi connectivity index (χ3v) is 2.25. The minimum Gasteiger partial charge on any atom is -0.490 e. The molecule has 0 saturated heterocycles. The molecule has 1 heterocycles. The minimum absolute atomic E-state index is 0.278. The van der Waals surface area contributed by atoms with Gasteiger partial charge >= 0.3 is 0 Å². The van der Waals surface area contributed by atoms with Gasteiger partial charge in [-0.1, -0.05) is 0 Å². The number of ether oxygens (including phenoxy) is 2. The van der Waals surface area contributed by atoms with Crippen LogP contribution in [0.4, 0.5) is 11.6 Å². The van der Waals surface area contributed by atoms with Crippen molar-refractivity contribution in [3.63, 3.8) is 0 Å². The van der Waals surface area contributed by atoms with Gasteiger partial charge in [0.15, 0.2) is 11.6 Å². The van der Waals surface area contributed by atoms with E-state index in [-0.39, 0.29) is 5.60 Å². The van der Waals surface area contributed by atoms with Gasteiger partial charge in [0.1, 0.15) is 6.33 Å². The Labute approximate surface area is 102 Å². The van der Waals surface area contributed by atoms with Gasteiger partial charge in [0.2, 0.25) is 5.75 Å². The highest BCUT2D eigenvalue weighted by molar-refractivity contribution is 5.61. The molecule has 0 aliphatic carbocycles. The minimum atomic E-state index is -0.278. The third-order valence-electron chi connectivity index (χ3n) is 2.25. The van der Waals surface area contributed by atoms with Gasteiger partial charge in [-0.2, -0.15) is 0 Å². The first kappa shape index (κ1) is 13.5. The van der Waals surface area contributed by atoms with Gasteiger partial charge in [0.25, 0.3) is 0 Å². The van der Waals surface area contributed by atoms with Gasteiger partial charge in [-0.3, -0.25) is 0 Å². The first-order chi connectivity index (χ1) is 8.00. The Morgan fingerprint density at radius 2 is 2.12 bits per heavy atom. The van der Waals surface area contributed by atoms with Crippen molar-refractivity contribution in [1.29, 1.82) is 0 Å². The summed E-state index contributed by atoms with van der Waals surface area (Å²) in [5.74, 6) is 1.35. The summed E-state index contributed by atoms with van der Waals surface area (Å²) in [4.78, 5) is 7.95. The van der Waals surface area contributed by atoms with Gasteiger partial charge in [0.05, 0.1) is 12.7 Å². The van der Waals surface area contributed by atoms with Crippen LogP contribution in [0.2, 0.25) is 0 Å². The molecule has 1 rings (SSSR count). The number of nitrogens with one attached hydrogen (secondary N) is 1. The van der Waals surface area contributed by atoms with E-state index in [1.165, 1.54) is 13.4 Å². The molecule has 0 bridgehead atoms. The average molecular weight is 240 g/mol. The lowest BCUT2D eigenvalue weighted by molar-refractivity contribution is 0.000617. The lowest BCUT2D eigenvalue weighted by Crippen LogP contribution is -2.33. The molecule has 0 atom stereocenters. The molecular formula is C11H20N4O2. The molecule has 0 radical (unpaired) electrons. The lowest BCUT2D eigenvalue weighted by atomic mass is 10.1. The molecule has 96 valence electrons. The van der Waals surface area contributed by atoms with E-state index >= 15 is 0 Å². The van der Waals surface area contributed by atoms with Gasteiger partial charge in [-0.25, -0.2) is 9.97 Å². The summed E-state index contributed by atoms with van der Waals surface area (Å²) >= 11 is 0. The zero-order valence-corrected chi connectivity index (χ0v) is 10.8. The molecule has 3 N–H and O–H groups in total. The van der Waals surface area contributed by atoms with Crippen molar-refractivity contribution in [3.05, 3.63) is 6.33 Å². The molecule has 0 aromatic carbocycles. The Kier molecular flexibility index (Phi) is 4.51. The highest BCUT2D eigenvalue weighted by atomic mass is 16.5. The van der Waals surface area contributed by atoms with Crippen LogP contribution in [0.5, 0.6) is 5.75 Å². The van der Waals surface area contributed by atoms with Crippen LogP contribution in [0.25, 0.3) is 0 Å². The molecule has 0 unspecified atom stereocenters. The van der Waals surface area contributed by atoms with Gasteiger partial charge < -0.3 is 20.5 Å². The average Bonchev–Trinajstić information content (AvgIpc) is 2.26. The number of hydrogen-bond acceptors (Lipinski definition) is 6. The quantitative estimate of drug-likeness (QED) is 0.779. The van der Waals surface area contributed by atoms with E-state index < -0.39 is 0 Å². The number of hydrogen-bond donors (Lipinski definition) is 2.